The topological polar surface area (TPSA) is 85.2 Å². The minimum Gasteiger partial charge on any atom is -0.380 e. The van der Waals surface area contributed by atoms with Gasteiger partial charge >= 0.3 is 0 Å². The van der Waals surface area contributed by atoms with Crippen molar-refractivity contribution in [2.75, 3.05) is 0 Å². The van der Waals surface area contributed by atoms with Crippen LogP contribution in [-0.4, -0.2) is 15.2 Å². The van der Waals surface area contributed by atoms with Crippen LogP contribution in [0.1, 0.15) is 36.8 Å². The molecule has 0 fully saturated rings. The van der Waals surface area contributed by atoms with Crippen LogP contribution in [0.5, 0.6) is 0 Å². The van der Waals surface area contributed by atoms with Gasteiger partial charge in [-0.05, 0) is 18.1 Å². The van der Waals surface area contributed by atoms with Crippen molar-refractivity contribution in [3.8, 4) is 11.4 Å². The third-order valence-electron chi connectivity index (χ3n) is 4.45. The van der Waals surface area contributed by atoms with Gasteiger partial charge in [0, 0.05) is 18.0 Å². The van der Waals surface area contributed by atoms with E-state index in [1.54, 1.807) is 6.92 Å². The van der Waals surface area contributed by atoms with E-state index in [0.717, 1.165) is 16.7 Å². The van der Waals surface area contributed by atoms with E-state index in [1.807, 2.05) is 61.5 Å². The Labute approximate surface area is 141 Å². The number of aromatic nitrogens is 2. The summed E-state index contributed by atoms with van der Waals surface area (Å²) in [6, 6.07) is 17.4. The summed E-state index contributed by atoms with van der Waals surface area (Å²) < 4.78 is 5.35. The summed E-state index contributed by atoms with van der Waals surface area (Å²) in [5.41, 5.74) is 7.21. The highest BCUT2D eigenvalue weighted by Crippen LogP contribution is 2.36. The molecule has 124 valence electrons. The maximum Gasteiger partial charge on any atom is 0.259 e. The number of nitrogens with two attached hydrogens (primary N) is 1. The van der Waals surface area contributed by atoms with Gasteiger partial charge in [-0.15, -0.1) is 0 Å². The van der Waals surface area contributed by atoms with Crippen molar-refractivity contribution in [1.29, 1.82) is 0 Å². The average Bonchev–Trinajstić information content (AvgIpc) is 3.13. The highest BCUT2D eigenvalue weighted by molar-refractivity contribution is 5.54. The van der Waals surface area contributed by atoms with Crippen LogP contribution in [0.25, 0.3) is 11.4 Å². The minimum atomic E-state index is -1.26. The molecule has 3 aromatic rings. The van der Waals surface area contributed by atoms with Crippen LogP contribution in [0, 0.1) is 0 Å². The monoisotopic (exact) mass is 323 g/mol. The van der Waals surface area contributed by atoms with Gasteiger partial charge in [0.25, 0.3) is 5.89 Å². The van der Waals surface area contributed by atoms with Crippen LogP contribution >= 0.6 is 0 Å². The van der Waals surface area contributed by atoms with E-state index in [4.69, 9.17) is 10.3 Å². The van der Waals surface area contributed by atoms with E-state index in [0.29, 0.717) is 12.4 Å². The van der Waals surface area contributed by atoms with Crippen LogP contribution in [0.15, 0.2) is 59.1 Å². The van der Waals surface area contributed by atoms with Gasteiger partial charge < -0.3 is 15.4 Å². The fourth-order valence-corrected chi connectivity index (χ4v) is 2.59. The molecule has 2 aromatic carbocycles. The maximum atomic E-state index is 10.9. The zero-order valence-corrected chi connectivity index (χ0v) is 13.8. The molecule has 0 aliphatic heterocycles. The highest BCUT2D eigenvalue weighted by atomic mass is 16.5. The summed E-state index contributed by atoms with van der Waals surface area (Å²) in [6.45, 7) is 4.12. The van der Waals surface area contributed by atoms with Gasteiger partial charge in [-0.25, -0.2) is 0 Å². The first-order valence-corrected chi connectivity index (χ1v) is 7.93. The van der Waals surface area contributed by atoms with Crippen molar-refractivity contribution in [2.24, 2.45) is 5.73 Å². The van der Waals surface area contributed by atoms with E-state index >= 15 is 0 Å². The highest BCUT2D eigenvalue weighted by Gasteiger charge is 2.37. The van der Waals surface area contributed by atoms with Gasteiger partial charge in [-0.2, -0.15) is 4.98 Å². The molecule has 0 spiro atoms. The Hall–Kier alpha value is -2.50. The molecule has 5 heteroatoms. The molecule has 5 nitrogen and oxygen atoms in total. The second kappa shape index (κ2) is 6.55. The molecule has 2 unspecified atom stereocenters. The van der Waals surface area contributed by atoms with Crippen LogP contribution in [0.2, 0.25) is 0 Å². The maximum absolute atomic E-state index is 10.9. The average molecular weight is 323 g/mol. The van der Waals surface area contributed by atoms with Gasteiger partial charge in [-0.1, -0.05) is 66.7 Å². The fraction of sp³-hybridized carbons (Fsp3) is 0.263. The molecule has 0 aliphatic carbocycles. The van der Waals surface area contributed by atoms with Gasteiger partial charge in [0.2, 0.25) is 5.82 Å². The van der Waals surface area contributed by atoms with Gasteiger partial charge in [0.15, 0.2) is 0 Å². The molecule has 3 N–H and O–H groups in total. The van der Waals surface area contributed by atoms with Crippen LogP contribution in [-0.2, 0) is 12.1 Å². The molecule has 0 saturated heterocycles. The number of rotatable bonds is 5. The van der Waals surface area contributed by atoms with Crippen LogP contribution in [0.3, 0.4) is 0 Å². The zero-order chi connectivity index (χ0) is 17.2. The first-order chi connectivity index (χ1) is 11.5. The Kier molecular flexibility index (Phi) is 4.46. The minimum absolute atomic E-state index is 0.188. The molecule has 1 aromatic heterocycles. The Morgan fingerprint density at radius 1 is 1.12 bits per heavy atom. The Bertz CT molecular complexity index is 795. The summed E-state index contributed by atoms with van der Waals surface area (Å²) in [4.78, 5) is 4.40. The Balaban J connectivity index is 1.88. The molecule has 24 heavy (non-hydrogen) atoms. The lowest BCUT2D eigenvalue weighted by Gasteiger charge is -2.26. The first-order valence-electron chi connectivity index (χ1n) is 7.93. The summed E-state index contributed by atoms with van der Waals surface area (Å²) >= 11 is 0. The lowest BCUT2D eigenvalue weighted by molar-refractivity contribution is 0.000604. The van der Waals surface area contributed by atoms with E-state index in [-0.39, 0.29) is 11.8 Å². The third-order valence-corrected chi connectivity index (χ3v) is 4.45. The van der Waals surface area contributed by atoms with Crippen molar-refractivity contribution in [2.45, 2.75) is 31.9 Å². The summed E-state index contributed by atoms with van der Waals surface area (Å²) in [6.07, 6.45) is 0. The van der Waals surface area contributed by atoms with E-state index in [9.17, 15) is 5.11 Å². The first kappa shape index (κ1) is 16.4. The van der Waals surface area contributed by atoms with Crippen molar-refractivity contribution in [3.63, 3.8) is 0 Å². The summed E-state index contributed by atoms with van der Waals surface area (Å²) in [7, 11) is 0. The SMILES string of the molecule is CC(c1ccccc1)C(C)(O)c1nc(-c2ccc(CN)cc2)no1. The third kappa shape index (κ3) is 3.09. The second-order valence-electron chi connectivity index (χ2n) is 6.10. The van der Waals surface area contributed by atoms with Crippen LogP contribution in [0.4, 0.5) is 0 Å². The smallest absolute Gasteiger partial charge is 0.259 e. The van der Waals surface area contributed by atoms with E-state index < -0.39 is 5.60 Å². The van der Waals surface area contributed by atoms with E-state index in [2.05, 4.69) is 10.1 Å². The molecule has 3 rings (SSSR count). The van der Waals surface area contributed by atoms with Crippen molar-refractivity contribution < 1.29 is 9.63 Å². The lowest BCUT2D eigenvalue weighted by Crippen LogP contribution is -2.28. The fourth-order valence-electron chi connectivity index (χ4n) is 2.59. The number of nitrogens with zero attached hydrogens (tertiary/aromatic N) is 2. The Morgan fingerprint density at radius 2 is 1.79 bits per heavy atom. The number of hydrogen-bond donors (Lipinski definition) is 2. The normalized spacial score (nSPS) is 15.0. The van der Waals surface area contributed by atoms with Gasteiger partial charge in [-0.3, -0.25) is 0 Å². The largest absolute Gasteiger partial charge is 0.380 e. The quantitative estimate of drug-likeness (QED) is 0.753. The zero-order valence-electron chi connectivity index (χ0n) is 13.8. The molecule has 0 radical (unpaired) electrons. The van der Waals surface area contributed by atoms with Crippen molar-refractivity contribution >= 4 is 0 Å². The molecular weight excluding hydrogens is 302 g/mol. The van der Waals surface area contributed by atoms with Gasteiger partial charge in [0.05, 0.1) is 0 Å². The van der Waals surface area contributed by atoms with Crippen LogP contribution < -0.4 is 5.73 Å². The predicted octanol–water partition coefficient (Wildman–Crippen LogP) is 3.21. The predicted molar refractivity (Wildman–Crippen MR) is 92.1 cm³/mol. The number of benzene rings is 2. The molecule has 0 bridgehead atoms. The second-order valence-corrected chi connectivity index (χ2v) is 6.10. The standard InChI is InChI=1S/C19H21N3O2/c1-13(15-6-4-3-5-7-15)19(2,23)18-21-17(22-24-18)16-10-8-14(12-20)9-11-16/h3-11,13,23H,12,20H2,1-2H3. The molecule has 0 saturated carbocycles. The molecular formula is C19H21N3O2. The molecule has 1 heterocycles. The van der Waals surface area contributed by atoms with Gasteiger partial charge in [0.1, 0.15) is 5.60 Å². The number of hydrogen-bond acceptors (Lipinski definition) is 5. The van der Waals surface area contributed by atoms with Crippen molar-refractivity contribution in [3.05, 3.63) is 71.6 Å². The summed E-state index contributed by atoms with van der Waals surface area (Å²) in [5, 5.41) is 14.9. The molecule has 0 aliphatic rings. The van der Waals surface area contributed by atoms with E-state index in [1.165, 1.54) is 0 Å². The Morgan fingerprint density at radius 3 is 2.42 bits per heavy atom. The summed E-state index contributed by atoms with van der Waals surface area (Å²) in [5.74, 6) is 0.470. The van der Waals surface area contributed by atoms with Crippen molar-refractivity contribution in [1.82, 2.24) is 10.1 Å². The molecule has 2 atom stereocenters. The number of aliphatic hydroxyl groups is 1. The lowest BCUT2D eigenvalue weighted by atomic mass is 9.85. The molecule has 0 amide bonds.